The van der Waals surface area contributed by atoms with E-state index in [1.54, 1.807) is 4.80 Å². The number of nitrogens with one attached hydrogen (secondary N) is 1. The molecule has 10 nitrogen and oxygen atoms in total. The summed E-state index contributed by atoms with van der Waals surface area (Å²) in [7, 11) is 0. The zero-order valence-electron chi connectivity index (χ0n) is 17.6. The van der Waals surface area contributed by atoms with E-state index in [9.17, 15) is 19.8 Å². The summed E-state index contributed by atoms with van der Waals surface area (Å²) in [6.07, 6.45) is 4.26. The number of carbonyl (C=O) groups is 2. The summed E-state index contributed by atoms with van der Waals surface area (Å²) >= 11 is 0. The van der Waals surface area contributed by atoms with Crippen molar-refractivity contribution in [1.29, 1.82) is 0 Å². The van der Waals surface area contributed by atoms with Crippen molar-refractivity contribution in [3.8, 4) is 0 Å². The lowest BCUT2D eigenvalue weighted by atomic mass is 9.69. The van der Waals surface area contributed by atoms with Gasteiger partial charge in [-0.05, 0) is 61.6 Å². The molecule has 30 heavy (non-hydrogen) atoms. The van der Waals surface area contributed by atoms with Gasteiger partial charge in [-0.2, -0.15) is 4.80 Å². The molecule has 2 saturated heterocycles. The van der Waals surface area contributed by atoms with Gasteiger partial charge in [-0.15, -0.1) is 10.2 Å². The summed E-state index contributed by atoms with van der Waals surface area (Å²) in [5.41, 5.74) is 0. The Morgan fingerprint density at radius 2 is 1.93 bits per heavy atom. The fourth-order valence-electron chi connectivity index (χ4n) is 5.47. The lowest BCUT2D eigenvalue weighted by molar-refractivity contribution is -0.143. The van der Waals surface area contributed by atoms with Crippen LogP contribution in [0.4, 0.5) is 0 Å². The molecular weight excluding hydrogens is 388 g/mol. The average molecular weight is 421 g/mol. The second kappa shape index (κ2) is 8.58. The first-order valence-corrected chi connectivity index (χ1v) is 11.0. The molecule has 0 aromatic carbocycles. The summed E-state index contributed by atoms with van der Waals surface area (Å²) in [5.74, 6) is 0.618. The van der Waals surface area contributed by atoms with Crippen molar-refractivity contribution in [2.24, 2.45) is 17.8 Å². The van der Waals surface area contributed by atoms with Gasteiger partial charge in [0.1, 0.15) is 12.1 Å². The zero-order valence-corrected chi connectivity index (χ0v) is 17.6. The van der Waals surface area contributed by atoms with Gasteiger partial charge < -0.3 is 15.5 Å². The third kappa shape index (κ3) is 4.34. The standard InChI is InChI=1S/C20H32N6O4/c1-11(2)18-22-24-26(23-18)15-7-17(20(29)30)25(10-15)9-12-3-4-13-8-21-16(19(27)28)6-14(13)5-12/h11-17,21H,3-10H2,1-2H3,(H,27,28)(H,29,30)/t12-,13-,14+,15-,16-,17-/m0/s1. The molecule has 4 rings (SSSR count). The van der Waals surface area contributed by atoms with Gasteiger partial charge in [-0.1, -0.05) is 13.8 Å². The Morgan fingerprint density at radius 1 is 1.13 bits per heavy atom. The van der Waals surface area contributed by atoms with Crippen LogP contribution in [0.5, 0.6) is 0 Å². The molecule has 3 N–H and O–H groups in total. The fraction of sp³-hybridized carbons (Fsp3) is 0.850. The Labute approximate surface area is 176 Å². The van der Waals surface area contributed by atoms with Crippen molar-refractivity contribution in [3.05, 3.63) is 5.82 Å². The van der Waals surface area contributed by atoms with Gasteiger partial charge in [-0.3, -0.25) is 14.5 Å². The second-order valence-electron chi connectivity index (χ2n) is 9.55. The van der Waals surface area contributed by atoms with Crippen LogP contribution < -0.4 is 5.32 Å². The highest BCUT2D eigenvalue weighted by Crippen LogP contribution is 2.40. The molecule has 1 aromatic heterocycles. The first kappa shape index (κ1) is 21.2. The predicted octanol–water partition coefficient (Wildman–Crippen LogP) is 0.976. The maximum atomic E-state index is 11.9. The van der Waals surface area contributed by atoms with Crippen LogP contribution in [0.1, 0.15) is 63.7 Å². The summed E-state index contributed by atoms with van der Waals surface area (Å²) in [6.45, 7) is 6.12. The molecule has 10 heteroatoms. The Balaban J connectivity index is 1.40. The molecule has 3 aliphatic rings. The monoisotopic (exact) mass is 420 g/mol. The smallest absolute Gasteiger partial charge is 0.321 e. The Bertz CT molecular complexity index is 783. The van der Waals surface area contributed by atoms with Gasteiger partial charge in [0.15, 0.2) is 5.82 Å². The van der Waals surface area contributed by atoms with Crippen LogP contribution in [0.15, 0.2) is 0 Å². The van der Waals surface area contributed by atoms with Crippen molar-refractivity contribution in [2.45, 2.75) is 70.0 Å². The number of aliphatic carboxylic acids is 2. The highest BCUT2D eigenvalue weighted by molar-refractivity contribution is 5.74. The molecule has 0 unspecified atom stereocenters. The minimum atomic E-state index is -0.803. The van der Waals surface area contributed by atoms with E-state index in [0.29, 0.717) is 43.0 Å². The van der Waals surface area contributed by atoms with Crippen molar-refractivity contribution in [2.75, 3.05) is 19.6 Å². The minimum absolute atomic E-state index is 0.0855. The van der Waals surface area contributed by atoms with Crippen LogP contribution >= 0.6 is 0 Å². The van der Waals surface area contributed by atoms with Gasteiger partial charge in [0, 0.05) is 19.0 Å². The van der Waals surface area contributed by atoms with E-state index in [-0.39, 0.29) is 12.0 Å². The molecule has 1 saturated carbocycles. The zero-order chi connectivity index (χ0) is 21.4. The van der Waals surface area contributed by atoms with Crippen LogP contribution in [0, 0.1) is 17.8 Å². The highest BCUT2D eigenvalue weighted by atomic mass is 16.4. The van der Waals surface area contributed by atoms with Crippen molar-refractivity contribution in [1.82, 2.24) is 30.4 Å². The molecule has 6 atom stereocenters. The Kier molecular flexibility index (Phi) is 6.06. The van der Waals surface area contributed by atoms with E-state index in [4.69, 9.17) is 0 Å². The fourth-order valence-corrected chi connectivity index (χ4v) is 5.47. The van der Waals surface area contributed by atoms with E-state index in [2.05, 4.69) is 25.6 Å². The average Bonchev–Trinajstić information content (AvgIpc) is 3.34. The molecular formula is C20H32N6O4. The number of carboxylic acids is 2. The highest BCUT2D eigenvalue weighted by Gasteiger charge is 2.42. The molecule has 1 aromatic rings. The topological polar surface area (TPSA) is 133 Å². The molecule has 0 amide bonds. The van der Waals surface area contributed by atoms with Crippen LogP contribution in [0.25, 0.3) is 0 Å². The van der Waals surface area contributed by atoms with Crippen molar-refractivity contribution >= 4 is 11.9 Å². The number of likely N-dealkylation sites (tertiary alicyclic amines) is 1. The maximum absolute atomic E-state index is 11.9. The number of hydrogen-bond acceptors (Lipinski definition) is 7. The summed E-state index contributed by atoms with van der Waals surface area (Å²) in [4.78, 5) is 26.9. The van der Waals surface area contributed by atoms with E-state index in [1.807, 2.05) is 13.8 Å². The lowest BCUT2D eigenvalue weighted by Gasteiger charge is -2.42. The molecule has 166 valence electrons. The molecule has 3 fully saturated rings. The third-order valence-electron chi connectivity index (χ3n) is 7.16. The molecule has 2 aliphatic heterocycles. The summed E-state index contributed by atoms with van der Waals surface area (Å²) in [6, 6.07) is -1.08. The van der Waals surface area contributed by atoms with Crippen LogP contribution in [0.3, 0.4) is 0 Å². The third-order valence-corrected chi connectivity index (χ3v) is 7.16. The molecule has 0 radical (unpaired) electrons. The number of aromatic nitrogens is 4. The van der Waals surface area contributed by atoms with E-state index >= 15 is 0 Å². The lowest BCUT2D eigenvalue weighted by Crippen LogP contribution is -2.50. The Morgan fingerprint density at radius 3 is 2.60 bits per heavy atom. The van der Waals surface area contributed by atoms with Crippen LogP contribution in [-0.2, 0) is 9.59 Å². The Hall–Kier alpha value is -2.07. The molecule has 0 spiro atoms. The summed E-state index contributed by atoms with van der Waals surface area (Å²) in [5, 5.41) is 35.0. The molecule has 0 bridgehead atoms. The SMILES string of the molecule is CC(C)c1nnn([C@H]2C[C@@H](C(=O)O)N(C[C@H]3CC[C@H]4CN[C@H](C(=O)O)C[C@H]4C3)C2)n1. The minimum Gasteiger partial charge on any atom is -0.480 e. The number of piperidine rings is 1. The quantitative estimate of drug-likeness (QED) is 0.615. The number of tetrazole rings is 1. The summed E-state index contributed by atoms with van der Waals surface area (Å²) < 4.78 is 0. The predicted molar refractivity (Wildman–Crippen MR) is 107 cm³/mol. The van der Waals surface area contributed by atoms with Crippen LogP contribution in [-0.4, -0.2) is 79.0 Å². The maximum Gasteiger partial charge on any atom is 0.321 e. The molecule has 1 aliphatic carbocycles. The number of fused-ring (bicyclic) bond motifs is 1. The normalized spacial score (nSPS) is 34.8. The van der Waals surface area contributed by atoms with E-state index in [0.717, 1.165) is 32.4 Å². The van der Waals surface area contributed by atoms with Gasteiger partial charge >= 0.3 is 11.9 Å². The number of carboxylic acid groups (broad SMARTS) is 2. The van der Waals surface area contributed by atoms with Gasteiger partial charge in [0.2, 0.25) is 0 Å². The second-order valence-corrected chi connectivity index (χ2v) is 9.55. The van der Waals surface area contributed by atoms with E-state index in [1.165, 1.54) is 0 Å². The van der Waals surface area contributed by atoms with E-state index < -0.39 is 24.0 Å². The van der Waals surface area contributed by atoms with Gasteiger partial charge in [-0.25, -0.2) is 0 Å². The number of rotatable bonds is 6. The van der Waals surface area contributed by atoms with Crippen molar-refractivity contribution < 1.29 is 19.8 Å². The largest absolute Gasteiger partial charge is 0.480 e. The molecule has 3 heterocycles. The van der Waals surface area contributed by atoms with Gasteiger partial charge in [0.25, 0.3) is 0 Å². The van der Waals surface area contributed by atoms with Crippen molar-refractivity contribution in [3.63, 3.8) is 0 Å². The first-order valence-electron chi connectivity index (χ1n) is 11.0. The van der Waals surface area contributed by atoms with Gasteiger partial charge in [0.05, 0.1) is 6.04 Å². The van der Waals surface area contributed by atoms with Crippen LogP contribution in [0.2, 0.25) is 0 Å². The number of nitrogens with zero attached hydrogens (tertiary/aromatic N) is 5. The number of hydrogen-bond donors (Lipinski definition) is 3. The first-order chi connectivity index (χ1) is 14.3.